The smallest absolute Gasteiger partial charge is 0.224 e. The fraction of sp³-hybridized carbons (Fsp3) is 0.222. The van der Waals surface area contributed by atoms with Crippen molar-refractivity contribution in [2.45, 2.75) is 25.7 Å². The van der Waals surface area contributed by atoms with Crippen LogP contribution in [0.1, 0.15) is 25.7 Å². The van der Waals surface area contributed by atoms with Gasteiger partial charge in [0, 0.05) is 18.5 Å². The van der Waals surface area contributed by atoms with Crippen LogP contribution in [0.4, 0.5) is 17.1 Å². The lowest BCUT2D eigenvalue weighted by atomic mass is 10.1. The van der Waals surface area contributed by atoms with Crippen LogP contribution < -0.4 is 16.4 Å². The summed E-state index contributed by atoms with van der Waals surface area (Å²) in [6.45, 7) is 0. The van der Waals surface area contributed by atoms with Gasteiger partial charge in [-0.3, -0.25) is 9.59 Å². The van der Waals surface area contributed by atoms with Gasteiger partial charge < -0.3 is 16.4 Å². The first-order chi connectivity index (χ1) is 11.1. The Morgan fingerprint density at radius 1 is 0.783 bits per heavy atom. The highest BCUT2D eigenvalue weighted by Crippen LogP contribution is 2.17. The molecule has 4 N–H and O–H groups in total. The fourth-order valence-electron chi connectivity index (χ4n) is 2.14. The Balaban J connectivity index is 1.64. The van der Waals surface area contributed by atoms with Gasteiger partial charge in [0.15, 0.2) is 0 Å². The van der Waals surface area contributed by atoms with Crippen molar-refractivity contribution in [2.24, 2.45) is 0 Å². The summed E-state index contributed by atoms with van der Waals surface area (Å²) in [5, 5.41) is 5.59. The largest absolute Gasteiger partial charge is 0.397 e. The number of rotatable bonds is 7. The number of para-hydroxylation sites is 3. The zero-order chi connectivity index (χ0) is 16.5. The third-order valence-corrected chi connectivity index (χ3v) is 3.35. The van der Waals surface area contributed by atoms with E-state index in [4.69, 9.17) is 5.73 Å². The lowest BCUT2D eigenvalue weighted by Crippen LogP contribution is -2.14. The number of anilines is 3. The Labute approximate surface area is 135 Å². The van der Waals surface area contributed by atoms with Crippen LogP contribution in [0.5, 0.6) is 0 Å². The van der Waals surface area contributed by atoms with Crippen LogP contribution in [0, 0.1) is 0 Å². The van der Waals surface area contributed by atoms with Crippen molar-refractivity contribution in [1.29, 1.82) is 0 Å². The van der Waals surface area contributed by atoms with Crippen molar-refractivity contribution in [3.8, 4) is 0 Å². The molecule has 0 aliphatic rings. The highest BCUT2D eigenvalue weighted by atomic mass is 16.2. The molecule has 0 radical (unpaired) electrons. The molecule has 0 atom stereocenters. The zero-order valence-corrected chi connectivity index (χ0v) is 12.9. The lowest BCUT2D eigenvalue weighted by molar-refractivity contribution is -0.118. The van der Waals surface area contributed by atoms with Crippen LogP contribution in [0.3, 0.4) is 0 Å². The number of amides is 2. The van der Waals surface area contributed by atoms with Crippen molar-refractivity contribution in [3.63, 3.8) is 0 Å². The maximum Gasteiger partial charge on any atom is 0.224 e. The number of nitrogens with one attached hydrogen (secondary N) is 2. The van der Waals surface area contributed by atoms with E-state index in [0.29, 0.717) is 37.1 Å². The number of nitrogen functional groups attached to an aromatic ring is 1. The molecule has 2 aromatic rings. The molecule has 0 unspecified atom stereocenters. The molecular weight excluding hydrogens is 290 g/mol. The van der Waals surface area contributed by atoms with E-state index < -0.39 is 0 Å². The molecule has 0 aliphatic carbocycles. The second-order valence-corrected chi connectivity index (χ2v) is 5.26. The molecule has 2 aromatic carbocycles. The minimum absolute atomic E-state index is 0.0380. The van der Waals surface area contributed by atoms with Crippen molar-refractivity contribution >= 4 is 28.9 Å². The van der Waals surface area contributed by atoms with Gasteiger partial charge in [0.25, 0.3) is 0 Å². The highest BCUT2D eigenvalue weighted by molar-refractivity contribution is 5.94. The van der Waals surface area contributed by atoms with Gasteiger partial charge in [0.1, 0.15) is 0 Å². The van der Waals surface area contributed by atoms with E-state index in [1.165, 1.54) is 0 Å². The quantitative estimate of drug-likeness (QED) is 0.541. The molecule has 0 heterocycles. The number of hydrogen-bond donors (Lipinski definition) is 3. The Kier molecular flexibility index (Phi) is 6.17. The number of carbonyl (C=O) groups excluding carboxylic acids is 2. The van der Waals surface area contributed by atoms with Gasteiger partial charge in [-0.05, 0) is 37.1 Å². The van der Waals surface area contributed by atoms with Gasteiger partial charge in [-0.1, -0.05) is 30.3 Å². The third-order valence-electron chi connectivity index (χ3n) is 3.35. The molecule has 0 saturated heterocycles. The molecule has 0 saturated carbocycles. The predicted octanol–water partition coefficient (Wildman–Crippen LogP) is 3.41. The zero-order valence-electron chi connectivity index (χ0n) is 12.9. The van der Waals surface area contributed by atoms with Gasteiger partial charge in [-0.2, -0.15) is 0 Å². The van der Waals surface area contributed by atoms with Gasteiger partial charge in [-0.15, -0.1) is 0 Å². The normalized spacial score (nSPS) is 10.1. The monoisotopic (exact) mass is 311 g/mol. The highest BCUT2D eigenvalue weighted by Gasteiger charge is 2.06. The molecule has 120 valence electrons. The molecule has 0 fully saturated rings. The van der Waals surface area contributed by atoms with Crippen LogP contribution in [0.15, 0.2) is 54.6 Å². The Bertz CT molecular complexity index is 656. The van der Waals surface area contributed by atoms with Crippen LogP contribution in [-0.2, 0) is 9.59 Å². The maximum absolute atomic E-state index is 11.8. The number of unbranched alkanes of at least 4 members (excludes halogenated alkanes) is 1. The topological polar surface area (TPSA) is 84.2 Å². The van der Waals surface area contributed by atoms with Crippen molar-refractivity contribution < 1.29 is 9.59 Å². The summed E-state index contributed by atoms with van der Waals surface area (Å²) in [7, 11) is 0. The molecule has 5 heteroatoms. The Morgan fingerprint density at radius 2 is 1.35 bits per heavy atom. The van der Waals surface area contributed by atoms with E-state index in [0.717, 1.165) is 5.69 Å². The SMILES string of the molecule is Nc1ccccc1NC(=O)CCCCC(=O)Nc1ccccc1. The maximum atomic E-state index is 11.8. The van der Waals surface area contributed by atoms with E-state index >= 15 is 0 Å². The first kappa shape index (κ1) is 16.5. The van der Waals surface area contributed by atoms with Crippen LogP contribution >= 0.6 is 0 Å². The van der Waals surface area contributed by atoms with Crippen LogP contribution in [-0.4, -0.2) is 11.8 Å². The molecule has 0 spiro atoms. The molecule has 2 rings (SSSR count). The molecule has 2 amide bonds. The number of hydrogen-bond acceptors (Lipinski definition) is 3. The van der Waals surface area contributed by atoms with Crippen LogP contribution in [0.2, 0.25) is 0 Å². The van der Waals surface area contributed by atoms with E-state index in [2.05, 4.69) is 10.6 Å². The van der Waals surface area contributed by atoms with Gasteiger partial charge in [0.05, 0.1) is 11.4 Å². The predicted molar refractivity (Wildman–Crippen MR) is 93.0 cm³/mol. The summed E-state index contributed by atoms with van der Waals surface area (Å²) in [4.78, 5) is 23.6. The molecule has 0 aromatic heterocycles. The van der Waals surface area contributed by atoms with E-state index in [1.807, 2.05) is 42.5 Å². The van der Waals surface area contributed by atoms with E-state index in [-0.39, 0.29) is 11.8 Å². The summed E-state index contributed by atoms with van der Waals surface area (Å²) in [5.41, 5.74) is 7.72. The number of benzene rings is 2. The molecule has 5 nitrogen and oxygen atoms in total. The number of nitrogens with two attached hydrogens (primary N) is 1. The van der Waals surface area contributed by atoms with Gasteiger partial charge in [0.2, 0.25) is 11.8 Å². The van der Waals surface area contributed by atoms with Crippen molar-refractivity contribution in [3.05, 3.63) is 54.6 Å². The minimum Gasteiger partial charge on any atom is -0.397 e. The van der Waals surface area contributed by atoms with Gasteiger partial charge >= 0.3 is 0 Å². The molecule has 0 aliphatic heterocycles. The molecule has 23 heavy (non-hydrogen) atoms. The lowest BCUT2D eigenvalue weighted by Gasteiger charge is -2.08. The van der Waals surface area contributed by atoms with Crippen molar-refractivity contribution in [1.82, 2.24) is 0 Å². The summed E-state index contributed by atoms with van der Waals surface area (Å²) in [6, 6.07) is 16.5. The van der Waals surface area contributed by atoms with E-state index in [1.54, 1.807) is 12.1 Å². The summed E-state index contributed by atoms with van der Waals surface area (Å²) >= 11 is 0. The summed E-state index contributed by atoms with van der Waals surface area (Å²) in [6.07, 6.45) is 2.08. The summed E-state index contributed by atoms with van der Waals surface area (Å²) in [5.74, 6) is -0.129. The molecular formula is C18H21N3O2. The Morgan fingerprint density at radius 3 is 2.00 bits per heavy atom. The van der Waals surface area contributed by atoms with Crippen LogP contribution in [0.25, 0.3) is 0 Å². The fourth-order valence-corrected chi connectivity index (χ4v) is 2.14. The molecule has 0 bridgehead atoms. The van der Waals surface area contributed by atoms with Crippen molar-refractivity contribution in [2.75, 3.05) is 16.4 Å². The third kappa shape index (κ3) is 5.82. The van der Waals surface area contributed by atoms with Gasteiger partial charge in [-0.25, -0.2) is 0 Å². The number of carbonyl (C=O) groups is 2. The first-order valence-corrected chi connectivity index (χ1v) is 7.64. The Hall–Kier alpha value is -2.82. The second kappa shape index (κ2) is 8.58. The standard InChI is InChI=1S/C18H21N3O2/c19-15-10-4-5-11-16(15)21-18(23)13-7-6-12-17(22)20-14-8-2-1-3-9-14/h1-5,8-11H,6-7,12-13,19H2,(H,20,22)(H,21,23). The summed E-state index contributed by atoms with van der Waals surface area (Å²) < 4.78 is 0. The minimum atomic E-state index is -0.0913. The van der Waals surface area contributed by atoms with E-state index in [9.17, 15) is 9.59 Å². The average Bonchev–Trinajstić information content (AvgIpc) is 2.55. The second-order valence-electron chi connectivity index (χ2n) is 5.26. The first-order valence-electron chi connectivity index (χ1n) is 7.64. The average molecular weight is 311 g/mol.